The third-order valence-corrected chi connectivity index (χ3v) is 2.77. The van der Waals surface area contributed by atoms with E-state index in [4.69, 9.17) is 0 Å². The molecular weight excluding hydrogens is 214 g/mol. The van der Waals surface area contributed by atoms with Crippen molar-refractivity contribution in [1.82, 2.24) is 5.32 Å². The molecule has 1 amide bonds. The topological polar surface area (TPSA) is 53.5 Å². The molecule has 0 saturated carbocycles. The lowest BCUT2D eigenvalue weighted by Gasteiger charge is -2.10. The van der Waals surface area contributed by atoms with E-state index >= 15 is 0 Å². The highest BCUT2D eigenvalue weighted by atomic mass is 16.2. The first-order chi connectivity index (χ1) is 8.20. The van der Waals surface area contributed by atoms with Gasteiger partial charge in [0, 0.05) is 11.7 Å². The van der Waals surface area contributed by atoms with Crippen molar-refractivity contribution in [2.24, 2.45) is 4.99 Å². The van der Waals surface area contributed by atoms with Crippen LogP contribution in [0.2, 0.25) is 0 Å². The monoisotopic (exact) mass is 231 g/mol. The first-order valence-electron chi connectivity index (χ1n) is 5.91. The summed E-state index contributed by atoms with van der Waals surface area (Å²) in [5.41, 5.74) is 2.00. The predicted molar refractivity (Wildman–Crippen MR) is 69.3 cm³/mol. The van der Waals surface area contributed by atoms with E-state index in [1.807, 2.05) is 31.2 Å². The van der Waals surface area contributed by atoms with Gasteiger partial charge < -0.3 is 10.6 Å². The third kappa shape index (κ3) is 2.64. The van der Waals surface area contributed by atoms with Crippen LogP contribution in [-0.2, 0) is 11.2 Å². The van der Waals surface area contributed by atoms with Crippen LogP contribution in [0.4, 0.5) is 5.69 Å². The molecule has 0 aromatic heterocycles. The lowest BCUT2D eigenvalue weighted by atomic mass is 10.1. The van der Waals surface area contributed by atoms with Crippen LogP contribution in [0.1, 0.15) is 19.4 Å². The number of carbonyl (C=O) groups is 1. The molecule has 0 bridgehead atoms. The van der Waals surface area contributed by atoms with Gasteiger partial charge >= 0.3 is 0 Å². The van der Waals surface area contributed by atoms with Gasteiger partial charge in [0.05, 0.1) is 6.54 Å². The summed E-state index contributed by atoms with van der Waals surface area (Å²) in [6, 6.07) is 8.07. The summed E-state index contributed by atoms with van der Waals surface area (Å²) in [5.74, 6) is 0.277. The van der Waals surface area contributed by atoms with Crippen molar-refractivity contribution in [1.29, 1.82) is 0 Å². The fourth-order valence-corrected chi connectivity index (χ4v) is 1.82. The number of amidine groups is 1. The Kier molecular flexibility index (Phi) is 3.42. The van der Waals surface area contributed by atoms with Crippen LogP contribution < -0.4 is 10.6 Å². The van der Waals surface area contributed by atoms with E-state index < -0.39 is 0 Å². The van der Waals surface area contributed by atoms with Gasteiger partial charge in [0.15, 0.2) is 5.84 Å². The molecule has 0 aliphatic carbocycles. The van der Waals surface area contributed by atoms with E-state index in [9.17, 15) is 4.79 Å². The molecule has 4 heteroatoms. The predicted octanol–water partition coefficient (Wildman–Crippen LogP) is 1.58. The van der Waals surface area contributed by atoms with E-state index in [0.717, 1.165) is 17.7 Å². The summed E-state index contributed by atoms with van der Waals surface area (Å²) in [7, 11) is 0. The number of aryl methyl sites for hydroxylation is 1. The molecular formula is C13H17N3O. The van der Waals surface area contributed by atoms with Crippen molar-refractivity contribution in [3.05, 3.63) is 29.8 Å². The van der Waals surface area contributed by atoms with Crippen molar-refractivity contribution in [2.75, 3.05) is 11.9 Å². The molecule has 90 valence electrons. The van der Waals surface area contributed by atoms with Crippen LogP contribution >= 0.6 is 0 Å². The Morgan fingerprint density at radius 3 is 2.94 bits per heavy atom. The minimum Gasteiger partial charge on any atom is -0.361 e. The maximum atomic E-state index is 11.9. The van der Waals surface area contributed by atoms with Crippen LogP contribution in [0.15, 0.2) is 29.3 Å². The number of nitrogens with one attached hydrogen (secondary N) is 2. The van der Waals surface area contributed by atoms with Gasteiger partial charge in [-0.3, -0.25) is 9.79 Å². The second-order valence-corrected chi connectivity index (χ2v) is 4.20. The van der Waals surface area contributed by atoms with E-state index in [2.05, 4.69) is 22.5 Å². The molecule has 4 nitrogen and oxygen atoms in total. The van der Waals surface area contributed by atoms with Gasteiger partial charge in [-0.1, -0.05) is 25.1 Å². The molecule has 1 unspecified atom stereocenters. The van der Waals surface area contributed by atoms with Crippen molar-refractivity contribution < 1.29 is 4.79 Å². The quantitative estimate of drug-likeness (QED) is 0.829. The van der Waals surface area contributed by atoms with Gasteiger partial charge in [0.1, 0.15) is 0 Å². The van der Waals surface area contributed by atoms with Gasteiger partial charge in [0.2, 0.25) is 0 Å². The van der Waals surface area contributed by atoms with E-state index in [0.29, 0.717) is 12.4 Å². The fraction of sp³-hybridized carbons (Fsp3) is 0.385. The Labute approximate surface area is 101 Å². The second kappa shape index (κ2) is 4.99. The fourth-order valence-electron chi connectivity index (χ4n) is 1.82. The molecule has 0 saturated heterocycles. The van der Waals surface area contributed by atoms with E-state index in [-0.39, 0.29) is 11.9 Å². The van der Waals surface area contributed by atoms with Crippen molar-refractivity contribution in [2.45, 2.75) is 26.3 Å². The van der Waals surface area contributed by atoms with Gasteiger partial charge in [0.25, 0.3) is 5.91 Å². The SMILES string of the molecule is CCc1ccccc1NC(=O)C1=NCC(C)N1. The number of carbonyl (C=O) groups excluding carboxylic acids is 1. The first-order valence-corrected chi connectivity index (χ1v) is 5.91. The Balaban J connectivity index is 2.08. The van der Waals surface area contributed by atoms with Crippen molar-refractivity contribution in [3.8, 4) is 0 Å². The second-order valence-electron chi connectivity index (χ2n) is 4.20. The molecule has 2 N–H and O–H groups in total. The minimum absolute atomic E-state index is 0.157. The van der Waals surface area contributed by atoms with Crippen LogP contribution in [0, 0.1) is 0 Å². The standard InChI is InChI=1S/C13H17N3O/c1-3-10-6-4-5-7-11(10)16-13(17)12-14-8-9(2)15-12/h4-7,9H,3,8H2,1-2H3,(H,14,15)(H,16,17). The number of nitrogens with zero attached hydrogens (tertiary/aromatic N) is 1. The summed E-state index contributed by atoms with van der Waals surface area (Å²) >= 11 is 0. The molecule has 1 atom stereocenters. The van der Waals surface area contributed by atoms with Gasteiger partial charge in [-0.15, -0.1) is 0 Å². The number of amides is 1. The molecule has 1 heterocycles. The lowest BCUT2D eigenvalue weighted by Crippen LogP contribution is -2.36. The number of aliphatic imine (C=N–C) groups is 1. The maximum Gasteiger partial charge on any atom is 0.290 e. The number of anilines is 1. The highest BCUT2D eigenvalue weighted by molar-refractivity contribution is 6.42. The minimum atomic E-state index is -0.157. The summed E-state index contributed by atoms with van der Waals surface area (Å²) in [5, 5.41) is 5.94. The number of hydrogen-bond acceptors (Lipinski definition) is 3. The largest absolute Gasteiger partial charge is 0.361 e. The number of hydrogen-bond donors (Lipinski definition) is 2. The number of rotatable bonds is 3. The summed E-state index contributed by atoms with van der Waals surface area (Å²) in [4.78, 5) is 16.1. The normalized spacial score (nSPS) is 18.5. The molecule has 0 fully saturated rings. The average Bonchev–Trinajstić information content (AvgIpc) is 2.77. The molecule has 1 aromatic carbocycles. The van der Waals surface area contributed by atoms with Gasteiger partial charge in [-0.25, -0.2) is 0 Å². The first kappa shape index (κ1) is 11.6. The highest BCUT2D eigenvalue weighted by Gasteiger charge is 2.19. The van der Waals surface area contributed by atoms with Crippen molar-refractivity contribution in [3.63, 3.8) is 0 Å². The molecule has 1 aliphatic rings. The smallest absolute Gasteiger partial charge is 0.290 e. The number of benzene rings is 1. The van der Waals surface area contributed by atoms with E-state index in [1.54, 1.807) is 0 Å². The lowest BCUT2D eigenvalue weighted by molar-refractivity contribution is -0.110. The van der Waals surface area contributed by atoms with Crippen LogP contribution in [0.5, 0.6) is 0 Å². The molecule has 0 spiro atoms. The van der Waals surface area contributed by atoms with Gasteiger partial charge in [-0.05, 0) is 25.0 Å². The average molecular weight is 231 g/mol. The summed E-state index contributed by atoms with van der Waals surface area (Å²) in [6.07, 6.45) is 0.896. The number of para-hydroxylation sites is 1. The zero-order valence-electron chi connectivity index (χ0n) is 10.2. The molecule has 1 aliphatic heterocycles. The van der Waals surface area contributed by atoms with E-state index in [1.165, 1.54) is 0 Å². The highest BCUT2D eigenvalue weighted by Crippen LogP contribution is 2.15. The maximum absolute atomic E-state index is 11.9. The zero-order chi connectivity index (χ0) is 12.3. The van der Waals surface area contributed by atoms with Crippen LogP contribution in [0.25, 0.3) is 0 Å². The Morgan fingerprint density at radius 1 is 1.53 bits per heavy atom. The molecule has 0 radical (unpaired) electrons. The van der Waals surface area contributed by atoms with Crippen LogP contribution in [0.3, 0.4) is 0 Å². The van der Waals surface area contributed by atoms with Gasteiger partial charge in [-0.2, -0.15) is 0 Å². The summed E-state index contributed by atoms with van der Waals surface area (Å²) in [6.45, 7) is 4.74. The Bertz CT molecular complexity index is 454. The van der Waals surface area contributed by atoms with Crippen LogP contribution in [-0.4, -0.2) is 24.3 Å². The molecule has 2 rings (SSSR count). The molecule has 17 heavy (non-hydrogen) atoms. The zero-order valence-corrected chi connectivity index (χ0v) is 10.2. The van der Waals surface area contributed by atoms with Crippen molar-refractivity contribution >= 4 is 17.4 Å². The Morgan fingerprint density at radius 2 is 2.29 bits per heavy atom. The Hall–Kier alpha value is -1.84. The molecule has 1 aromatic rings. The third-order valence-electron chi connectivity index (χ3n) is 2.77. The summed E-state index contributed by atoms with van der Waals surface area (Å²) < 4.78 is 0.